The van der Waals surface area contributed by atoms with Crippen molar-refractivity contribution in [3.8, 4) is 11.5 Å². The molecule has 1 aliphatic rings. The maximum Gasteiger partial charge on any atom is 0.430 e. The smallest absolute Gasteiger partial charge is 0.415 e. The highest BCUT2D eigenvalue weighted by Crippen LogP contribution is 2.53. The number of anilines is 1. The van der Waals surface area contributed by atoms with Gasteiger partial charge in [-0.05, 0) is 57.4 Å². The molecule has 1 aliphatic heterocycles. The molecule has 2 heterocycles. The minimum Gasteiger partial charge on any atom is -0.415 e. The van der Waals surface area contributed by atoms with Crippen molar-refractivity contribution >= 4 is 13.4 Å². The third kappa shape index (κ3) is 4.68. The highest BCUT2D eigenvalue weighted by Gasteiger charge is 2.32. The zero-order valence-corrected chi connectivity index (χ0v) is 20.4. The quantitative estimate of drug-likeness (QED) is 0.407. The van der Waals surface area contributed by atoms with Crippen LogP contribution in [-0.4, -0.2) is 11.1 Å². The van der Waals surface area contributed by atoms with Gasteiger partial charge in [0, 0.05) is 30.4 Å². The molecule has 0 amide bonds. The Morgan fingerprint density at radius 1 is 0.906 bits per heavy atom. The van der Waals surface area contributed by atoms with Crippen LogP contribution in [0.3, 0.4) is 0 Å². The summed E-state index contributed by atoms with van der Waals surface area (Å²) in [6, 6.07) is 14.3. The summed E-state index contributed by atoms with van der Waals surface area (Å²) >= 11 is 0. The van der Waals surface area contributed by atoms with Crippen molar-refractivity contribution in [1.29, 1.82) is 0 Å². The summed E-state index contributed by atoms with van der Waals surface area (Å²) in [6.45, 7) is 11.3. The fourth-order valence-corrected chi connectivity index (χ4v) is 6.26. The van der Waals surface area contributed by atoms with Crippen LogP contribution in [-0.2, 0) is 17.7 Å². The van der Waals surface area contributed by atoms with Crippen LogP contribution >= 0.6 is 7.60 Å². The highest BCUT2D eigenvalue weighted by molar-refractivity contribution is 7.54. The molecule has 1 aromatic heterocycles. The number of hydrogen-bond donors (Lipinski definition) is 0. The molecule has 0 unspecified atom stereocenters. The van der Waals surface area contributed by atoms with Gasteiger partial charge in [0.05, 0.1) is 6.16 Å². The van der Waals surface area contributed by atoms with E-state index in [4.69, 9.17) is 9.05 Å². The van der Waals surface area contributed by atoms with Crippen LogP contribution in [0.5, 0.6) is 11.5 Å². The third-order valence-electron chi connectivity index (χ3n) is 5.65. The van der Waals surface area contributed by atoms with Crippen molar-refractivity contribution in [2.45, 2.75) is 54.1 Å². The second kappa shape index (κ2) is 8.99. The Kier molecular flexibility index (Phi) is 6.30. The number of hydrogen-bond acceptors (Lipinski definition) is 5. The Bertz CT molecular complexity index is 1110. The largest absolute Gasteiger partial charge is 0.430 e. The first kappa shape index (κ1) is 22.4. The molecule has 0 atom stereocenters. The summed E-state index contributed by atoms with van der Waals surface area (Å²) in [5, 5.41) is 0. The van der Waals surface area contributed by atoms with Crippen molar-refractivity contribution in [1.82, 2.24) is 4.98 Å². The number of benzene rings is 2. The maximum atomic E-state index is 14.0. The third-order valence-corrected chi connectivity index (χ3v) is 7.56. The molecule has 2 aromatic carbocycles. The maximum absolute atomic E-state index is 14.0. The second-order valence-corrected chi connectivity index (χ2v) is 10.7. The van der Waals surface area contributed by atoms with Gasteiger partial charge < -0.3 is 13.9 Å². The molecule has 0 N–H and O–H groups in total. The van der Waals surface area contributed by atoms with E-state index < -0.39 is 7.60 Å². The van der Waals surface area contributed by atoms with Crippen molar-refractivity contribution in [3.63, 3.8) is 0 Å². The van der Waals surface area contributed by atoms with Gasteiger partial charge in [0.25, 0.3) is 0 Å². The lowest BCUT2D eigenvalue weighted by Gasteiger charge is -2.31. The van der Waals surface area contributed by atoms with E-state index in [1.54, 1.807) is 6.20 Å². The summed E-state index contributed by atoms with van der Waals surface area (Å²) in [7, 11) is -3.41. The molecular formula is C26H31N2O3P. The number of aryl methyl sites for hydroxylation is 4. The molecule has 168 valence electrons. The second-order valence-electron chi connectivity index (χ2n) is 8.70. The van der Waals surface area contributed by atoms with Crippen molar-refractivity contribution in [3.05, 3.63) is 82.0 Å². The van der Waals surface area contributed by atoms with Crippen LogP contribution < -0.4 is 13.9 Å². The van der Waals surface area contributed by atoms with Crippen LogP contribution in [0.15, 0.2) is 48.7 Å². The molecule has 6 heteroatoms. The van der Waals surface area contributed by atoms with E-state index in [2.05, 4.69) is 48.0 Å². The van der Waals surface area contributed by atoms with E-state index in [-0.39, 0.29) is 0 Å². The first-order valence-electron chi connectivity index (χ1n) is 11.1. The lowest BCUT2D eigenvalue weighted by atomic mass is 10.0. The SMILES string of the molecule is CCCP1(=O)Oc2c(C)cc(C)cc2CN(c2ccccn2)Cc2cc(C)cc(C)c2O1. The summed E-state index contributed by atoms with van der Waals surface area (Å²) < 4.78 is 26.5. The molecule has 4 rings (SSSR count). The normalized spacial score (nSPS) is 15.2. The van der Waals surface area contributed by atoms with Crippen molar-refractivity contribution in [2.24, 2.45) is 0 Å². The average molecular weight is 451 g/mol. The van der Waals surface area contributed by atoms with Crippen LogP contribution in [0.1, 0.15) is 46.7 Å². The molecule has 0 saturated carbocycles. The Morgan fingerprint density at radius 2 is 1.47 bits per heavy atom. The monoisotopic (exact) mass is 450 g/mol. The van der Waals surface area contributed by atoms with Crippen LogP contribution in [0, 0.1) is 27.7 Å². The first-order chi connectivity index (χ1) is 15.3. The Labute approximate surface area is 190 Å². The van der Waals surface area contributed by atoms with Gasteiger partial charge in [-0.25, -0.2) is 9.55 Å². The zero-order valence-electron chi connectivity index (χ0n) is 19.5. The Hall–Kier alpha value is -2.78. The van der Waals surface area contributed by atoms with Gasteiger partial charge in [0.15, 0.2) is 0 Å². The van der Waals surface area contributed by atoms with Gasteiger partial charge in [-0.2, -0.15) is 0 Å². The molecular weight excluding hydrogens is 419 g/mol. The zero-order chi connectivity index (χ0) is 22.9. The average Bonchev–Trinajstić information content (AvgIpc) is 2.73. The van der Waals surface area contributed by atoms with Gasteiger partial charge in [0.1, 0.15) is 17.3 Å². The highest BCUT2D eigenvalue weighted by atomic mass is 31.2. The number of pyridine rings is 1. The van der Waals surface area contributed by atoms with E-state index in [1.165, 1.54) is 0 Å². The van der Waals surface area contributed by atoms with Gasteiger partial charge in [0.2, 0.25) is 0 Å². The van der Waals surface area contributed by atoms with E-state index in [0.29, 0.717) is 37.2 Å². The fraction of sp³-hybridized carbons (Fsp3) is 0.346. The molecule has 32 heavy (non-hydrogen) atoms. The van der Waals surface area contributed by atoms with Gasteiger partial charge in [-0.1, -0.05) is 48.4 Å². The number of aromatic nitrogens is 1. The summed E-state index contributed by atoms with van der Waals surface area (Å²) in [5.74, 6) is 2.18. The predicted molar refractivity (Wildman–Crippen MR) is 130 cm³/mol. The standard InChI is InChI=1S/C26H31N2O3P/c1-6-11-32(29)30-25-20(4)12-18(2)14-22(25)16-28(24-9-7-8-10-27-24)17-23-15-19(3)13-21(5)26(23)31-32/h7-10,12-15H,6,11,16-17H2,1-5H3. The Balaban J connectivity index is 1.93. The first-order valence-corrected chi connectivity index (χ1v) is 12.9. The minimum absolute atomic E-state index is 0.358. The van der Waals surface area contributed by atoms with Gasteiger partial charge >= 0.3 is 7.60 Å². The molecule has 0 radical (unpaired) electrons. The molecule has 3 aromatic rings. The fourth-order valence-electron chi connectivity index (χ4n) is 4.41. The van der Waals surface area contributed by atoms with Crippen LogP contribution in [0.2, 0.25) is 0 Å². The van der Waals surface area contributed by atoms with E-state index in [9.17, 15) is 4.57 Å². The van der Waals surface area contributed by atoms with Gasteiger partial charge in [-0.3, -0.25) is 0 Å². The van der Waals surface area contributed by atoms with Crippen molar-refractivity contribution < 1.29 is 13.6 Å². The number of rotatable bonds is 3. The molecule has 0 saturated heterocycles. The minimum atomic E-state index is -3.41. The predicted octanol–water partition coefficient (Wildman–Crippen LogP) is 6.90. The van der Waals surface area contributed by atoms with Crippen molar-refractivity contribution in [2.75, 3.05) is 11.1 Å². The number of fused-ring (bicyclic) bond motifs is 2. The van der Waals surface area contributed by atoms with E-state index in [0.717, 1.165) is 39.2 Å². The van der Waals surface area contributed by atoms with E-state index in [1.807, 2.05) is 39.0 Å². The van der Waals surface area contributed by atoms with Gasteiger partial charge in [-0.15, -0.1) is 0 Å². The van der Waals surface area contributed by atoms with E-state index >= 15 is 0 Å². The lowest BCUT2D eigenvalue weighted by Crippen LogP contribution is -2.25. The van der Waals surface area contributed by atoms with Crippen LogP contribution in [0.25, 0.3) is 0 Å². The summed E-state index contributed by atoms with van der Waals surface area (Å²) in [5.41, 5.74) is 6.17. The lowest BCUT2D eigenvalue weighted by molar-refractivity contribution is 0.377. The summed E-state index contributed by atoms with van der Waals surface area (Å²) in [4.78, 5) is 6.83. The summed E-state index contributed by atoms with van der Waals surface area (Å²) in [6.07, 6.45) is 2.87. The topological polar surface area (TPSA) is 51.7 Å². The molecule has 0 spiro atoms. The Morgan fingerprint density at radius 3 is 1.94 bits per heavy atom. The molecule has 0 fully saturated rings. The molecule has 5 nitrogen and oxygen atoms in total. The van der Waals surface area contributed by atoms with Crippen LogP contribution in [0.4, 0.5) is 5.82 Å². The number of nitrogens with zero attached hydrogens (tertiary/aromatic N) is 2. The molecule has 0 aliphatic carbocycles. The molecule has 0 bridgehead atoms.